The molecule has 0 bridgehead atoms. The summed E-state index contributed by atoms with van der Waals surface area (Å²) in [4.78, 5) is 8.63. The van der Waals surface area contributed by atoms with Crippen molar-refractivity contribution in [1.82, 2.24) is 0 Å². The van der Waals surface area contributed by atoms with E-state index in [2.05, 4.69) is 9.05 Å². The molecule has 0 rings (SSSR count). The van der Waals surface area contributed by atoms with Crippen LogP contribution < -0.4 is 0 Å². The van der Waals surface area contributed by atoms with Gasteiger partial charge in [-0.15, -0.1) is 0 Å². The first-order valence-corrected chi connectivity index (χ1v) is 4.23. The van der Waals surface area contributed by atoms with Gasteiger partial charge in [-0.2, -0.15) is 0 Å². The molecule has 1 N–H and O–H groups in total. The van der Waals surface area contributed by atoms with E-state index in [0.717, 1.165) is 0 Å². The summed E-state index contributed by atoms with van der Waals surface area (Å²) < 4.78 is 19.2. The predicted molar refractivity (Wildman–Crippen MR) is 41.1 cm³/mol. The van der Waals surface area contributed by atoms with Gasteiger partial charge in [0.05, 0.1) is 13.2 Å². The molecule has 0 unspecified atom stereocenters. The first kappa shape index (κ1) is 13.9. The van der Waals surface area contributed by atoms with Crippen LogP contribution in [0.4, 0.5) is 0 Å². The van der Waals surface area contributed by atoms with Crippen LogP contribution in [0.2, 0.25) is 0 Å². The molecule has 0 saturated heterocycles. The molecule has 0 aliphatic rings. The van der Waals surface area contributed by atoms with E-state index in [1.54, 1.807) is 13.8 Å². The molecule has 0 saturated carbocycles. The van der Waals surface area contributed by atoms with Crippen LogP contribution in [0, 0.1) is 0 Å². The van der Waals surface area contributed by atoms with Crippen molar-refractivity contribution in [3.05, 3.63) is 0 Å². The van der Waals surface area contributed by atoms with E-state index in [1.165, 1.54) is 0 Å². The summed E-state index contributed by atoms with van der Waals surface area (Å²) in [6, 6.07) is 0. The van der Waals surface area contributed by atoms with Gasteiger partial charge in [0, 0.05) is 0 Å². The van der Waals surface area contributed by atoms with Crippen LogP contribution in [0.15, 0.2) is 0 Å². The Bertz CT molecular complexity index is 116. The molecule has 0 aliphatic carbocycles. The number of phosphoric ester groups is 1. The van der Waals surface area contributed by atoms with Crippen molar-refractivity contribution >= 4 is 45.6 Å². The quantitative estimate of drug-likeness (QED) is 0.538. The molecule has 0 fully saturated rings. The van der Waals surface area contributed by atoms with Crippen LogP contribution in [-0.2, 0) is 13.6 Å². The molecule has 60 valence electrons. The summed E-state index contributed by atoms with van der Waals surface area (Å²) in [5, 5.41) is 0. The number of hydrogen-bond acceptors (Lipinski definition) is 3. The SMILES string of the molecule is CCOP(=O)(O)OCC.[Ca+2].[H-].[H-]. The Kier molecular flexibility index (Phi) is 9.81. The average molecular weight is 196 g/mol. The van der Waals surface area contributed by atoms with Crippen molar-refractivity contribution in [1.29, 1.82) is 0 Å². The normalized spacial score (nSPS) is 10.7. The van der Waals surface area contributed by atoms with Crippen molar-refractivity contribution < 1.29 is 21.4 Å². The summed E-state index contributed by atoms with van der Waals surface area (Å²) >= 11 is 0. The van der Waals surface area contributed by atoms with Crippen molar-refractivity contribution in [3.8, 4) is 0 Å². The minimum Gasteiger partial charge on any atom is -1.00 e. The molecule has 6 heteroatoms. The maximum Gasteiger partial charge on any atom is 2.00 e. The zero-order chi connectivity index (χ0) is 7.33. The van der Waals surface area contributed by atoms with Crippen molar-refractivity contribution in [2.24, 2.45) is 0 Å². The van der Waals surface area contributed by atoms with E-state index in [0.29, 0.717) is 0 Å². The van der Waals surface area contributed by atoms with Gasteiger partial charge in [0.1, 0.15) is 0 Å². The number of phosphoric acid groups is 1. The summed E-state index contributed by atoms with van der Waals surface area (Å²) in [5.74, 6) is 0. The molecular formula is C4H13CaO4P. The fraction of sp³-hybridized carbons (Fsp3) is 1.00. The van der Waals surface area contributed by atoms with Gasteiger partial charge >= 0.3 is 45.6 Å². The zero-order valence-corrected chi connectivity index (χ0v) is 9.34. The van der Waals surface area contributed by atoms with Gasteiger partial charge in [-0.05, 0) is 13.8 Å². The summed E-state index contributed by atoms with van der Waals surface area (Å²) in [6.45, 7) is 3.63. The van der Waals surface area contributed by atoms with Crippen molar-refractivity contribution in [3.63, 3.8) is 0 Å². The van der Waals surface area contributed by atoms with Gasteiger partial charge in [-0.1, -0.05) is 0 Å². The van der Waals surface area contributed by atoms with Crippen LogP contribution in [0.1, 0.15) is 16.7 Å². The van der Waals surface area contributed by atoms with Crippen molar-refractivity contribution in [2.45, 2.75) is 13.8 Å². The van der Waals surface area contributed by atoms with Crippen LogP contribution in [-0.4, -0.2) is 55.8 Å². The molecule has 0 amide bonds. The monoisotopic (exact) mass is 196 g/mol. The van der Waals surface area contributed by atoms with E-state index in [4.69, 9.17) is 4.89 Å². The molecule has 0 atom stereocenters. The smallest absolute Gasteiger partial charge is 1.00 e. The van der Waals surface area contributed by atoms with Crippen LogP contribution >= 0.6 is 7.82 Å². The van der Waals surface area contributed by atoms with Gasteiger partial charge in [0.15, 0.2) is 0 Å². The fourth-order valence-electron chi connectivity index (χ4n) is 0.364. The maximum atomic E-state index is 10.5. The molecule has 0 heterocycles. The first-order valence-electron chi connectivity index (χ1n) is 2.74. The number of hydrogen-bond donors (Lipinski definition) is 1. The van der Waals surface area contributed by atoms with Crippen LogP contribution in [0.5, 0.6) is 0 Å². The zero-order valence-electron chi connectivity index (χ0n) is 8.24. The molecule has 0 radical (unpaired) electrons. The van der Waals surface area contributed by atoms with Crippen molar-refractivity contribution in [2.75, 3.05) is 13.2 Å². The summed E-state index contributed by atoms with van der Waals surface area (Å²) in [7, 11) is -3.69. The maximum absolute atomic E-state index is 10.5. The standard InChI is InChI=1S/C4H11O4P.Ca.2H/c1-3-7-9(5,6)8-4-2;;;/h3-4H2,1-2H3,(H,5,6);;;/q;+2;2*-1. The Morgan fingerprint density at radius 3 is 1.90 bits per heavy atom. The average Bonchev–Trinajstić information content (AvgIpc) is 1.64. The fourth-order valence-corrected chi connectivity index (χ4v) is 1.09. The Labute approximate surface area is 93.5 Å². The van der Waals surface area contributed by atoms with E-state index in [1.807, 2.05) is 0 Å². The second-order valence-electron chi connectivity index (χ2n) is 1.30. The second kappa shape index (κ2) is 7.04. The third kappa shape index (κ3) is 7.48. The molecule has 10 heavy (non-hydrogen) atoms. The molecule has 0 aliphatic heterocycles. The first-order chi connectivity index (χ1) is 4.12. The Balaban J connectivity index is -0.000000107. The molecule has 0 aromatic heterocycles. The van der Waals surface area contributed by atoms with Crippen LogP contribution in [0.25, 0.3) is 0 Å². The Hall–Kier alpha value is 1.37. The third-order valence-corrected chi connectivity index (χ3v) is 1.75. The van der Waals surface area contributed by atoms with Gasteiger partial charge in [0.2, 0.25) is 0 Å². The van der Waals surface area contributed by atoms with E-state index in [-0.39, 0.29) is 53.8 Å². The van der Waals surface area contributed by atoms with Gasteiger partial charge < -0.3 is 7.75 Å². The Morgan fingerprint density at radius 1 is 1.40 bits per heavy atom. The van der Waals surface area contributed by atoms with Crippen LogP contribution in [0.3, 0.4) is 0 Å². The molecule has 0 aromatic carbocycles. The van der Waals surface area contributed by atoms with E-state index >= 15 is 0 Å². The third-order valence-electron chi connectivity index (χ3n) is 0.584. The predicted octanol–water partition coefficient (Wildman–Crippen LogP) is 1.00. The second-order valence-corrected chi connectivity index (χ2v) is 2.76. The van der Waals surface area contributed by atoms with Gasteiger partial charge in [0.25, 0.3) is 0 Å². The number of rotatable bonds is 4. The largest absolute Gasteiger partial charge is 2.00 e. The van der Waals surface area contributed by atoms with E-state index < -0.39 is 7.82 Å². The molecule has 0 aromatic rings. The molecular weight excluding hydrogens is 183 g/mol. The molecule has 0 spiro atoms. The van der Waals surface area contributed by atoms with E-state index in [9.17, 15) is 4.57 Å². The summed E-state index contributed by atoms with van der Waals surface area (Å²) in [6.07, 6.45) is 0. The summed E-state index contributed by atoms with van der Waals surface area (Å²) in [5.41, 5.74) is 0. The minimum atomic E-state index is -3.69. The van der Waals surface area contributed by atoms with Gasteiger partial charge in [-0.25, -0.2) is 4.57 Å². The van der Waals surface area contributed by atoms with Gasteiger partial charge in [-0.3, -0.25) is 9.05 Å². The molecule has 4 nitrogen and oxygen atoms in total. The topological polar surface area (TPSA) is 55.8 Å². The minimum absolute atomic E-state index is 0. The Morgan fingerprint density at radius 2 is 1.70 bits per heavy atom.